The Labute approximate surface area is 123 Å². The molecule has 0 spiro atoms. The lowest BCUT2D eigenvalue weighted by molar-refractivity contribution is -0.116. The molecule has 8 heteroatoms. The van der Waals surface area contributed by atoms with Crippen molar-refractivity contribution in [3.8, 4) is 0 Å². The van der Waals surface area contributed by atoms with Crippen LogP contribution >= 0.6 is 0 Å². The van der Waals surface area contributed by atoms with Crippen LogP contribution in [0.4, 0.5) is 28.9 Å². The Bertz CT molecular complexity index is 668. The SMILES string of the molecule is CC(Nc1c(F)c(F)nc(F)c1F)C(=O)Nc1ccccc1. The lowest BCUT2D eigenvalue weighted by atomic mass is 10.2. The Balaban J connectivity index is 2.15. The molecule has 1 aromatic heterocycles. The summed E-state index contributed by atoms with van der Waals surface area (Å²) in [6.45, 7) is 1.29. The average molecular weight is 313 g/mol. The average Bonchev–Trinajstić information content (AvgIpc) is 2.50. The van der Waals surface area contributed by atoms with Gasteiger partial charge in [0, 0.05) is 5.69 Å². The van der Waals surface area contributed by atoms with Crippen molar-refractivity contribution in [2.75, 3.05) is 10.6 Å². The number of carbonyl (C=O) groups is 1. The van der Waals surface area contributed by atoms with Gasteiger partial charge >= 0.3 is 0 Å². The van der Waals surface area contributed by atoms with E-state index in [0.717, 1.165) is 0 Å². The van der Waals surface area contributed by atoms with Crippen LogP contribution in [0.25, 0.3) is 0 Å². The van der Waals surface area contributed by atoms with Crippen molar-refractivity contribution >= 4 is 17.3 Å². The van der Waals surface area contributed by atoms with E-state index in [-0.39, 0.29) is 0 Å². The Morgan fingerprint density at radius 2 is 1.59 bits per heavy atom. The van der Waals surface area contributed by atoms with Crippen molar-refractivity contribution in [3.63, 3.8) is 0 Å². The molecule has 1 atom stereocenters. The zero-order valence-electron chi connectivity index (χ0n) is 11.3. The van der Waals surface area contributed by atoms with E-state index in [4.69, 9.17) is 0 Å². The van der Waals surface area contributed by atoms with Gasteiger partial charge in [0.1, 0.15) is 11.7 Å². The Morgan fingerprint density at radius 3 is 2.14 bits per heavy atom. The van der Waals surface area contributed by atoms with Gasteiger partial charge in [-0.1, -0.05) is 18.2 Å². The molecule has 4 nitrogen and oxygen atoms in total. The van der Waals surface area contributed by atoms with E-state index in [2.05, 4.69) is 15.6 Å². The second kappa shape index (κ2) is 6.42. The van der Waals surface area contributed by atoms with Gasteiger partial charge in [-0.05, 0) is 19.1 Å². The predicted molar refractivity (Wildman–Crippen MR) is 72.2 cm³/mol. The van der Waals surface area contributed by atoms with Gasteiger partial charge in [-0.25, -0.2) is 0 Å². The number of carbonyl (C=O) groups excluding carboxylic acids is 1. The fraction of sp³-hybridized carbons (Fsp3) is 0.143. The molecule has 1 heterocycles. The summed E-state index contributed by atoms with van der Waals surface area (Å²) in [7, 11) is 0. The summed E-state index contributed by atoms with van der Waals surface area (Å²) in [6.07, 6.45) is 0. The standard InChI is InChI=1S/C14H11F4N3O/c1-7(14(22)20-8-5-3-2-4-6-8)19-11-9(15)12(17)21-13(18)10(11)16/h2-7H,1H3,(H,19,21)(H,20,22). The smallest absolute Gasteiger partial charge is 0.253 e. The number of benzene rings is 1. The molecule has 0 aliphatic rings. The summed E-state index contributed by atoms with van der Waals surface area (Å²) < 4.78 is 52.9. The van der Waals surface area contributed by atoms with Crippen molar-refractivity contribution in [1.29, 1.82) is 0 Å². The second-order valence-electron chi connectivity index (χ2n) is 4.42. The summed E-state index contributed by atoms with van der Waals surface area (Å²) in [6, 6.07) is 7.17. The van der Waals surface area contributed by atoms with Gasteiger partial charge < -0.3 is 10.6 Å². The topological polar surface area (TPSA) is 54.0 Å². The van der Waals surface area contributed by atoms with Gasteiger partial charge in [0.2, 0.25) is 17.5 Å². The molecule has 116 valence electrons. The fourth-order valence-electron chi connectivity index (χ4n) is 1.67. The van der Waals surface area contributed by atoms with E-state index in [1.165, 1.54) is 6.92 Å². The lowest BCUT2D eigenvalue weighted by Gasteiger charge is -2.16. The number of pyridine rings is 1. The van der Waals surface area contributed by atoms with Gasteiger partial charge in [0.15, 0.2) is 0 Å². The first kappa shape index (κ1) is 15.7. The number of hydrogen-bond acceptors (Lipinski definition) is 3. The highest BCUT2D eigenvalue weighted by Crippen LogP contribution is 2.22. The molecule has 0 aliphatic carbocycles. The molecule has 0 bridgehead atoms. The first-order valence-electron chi connectivity index (χ1n) is 6.22. The maximum absolute atomic E-state index is 13.5. The normalized spacial score (nSPS) is 11.9. The highest BCUT2D eigenvalue weighted by Gasteiger charge is 2.24. The van der Waals surface area contributed by atoms with E-state index in [1.807, 2.05) is 0 Å². The highest BCUT2D eigenvalue weighted by molar-refractivity contribution is 5.96. The summed E-state index contributed by atoms with van der Waals surface area (Å²) in [5.41, 5.74) is -0.616. The first-order valence-corrected chi connectivity index (χ1v) is 6.22. The molecule has 2 rings (SSSR count). The number of hydrogen-bond donors (Lipinski definition) is 2. The molecular formula is C14H11F4N3O. The lowest BCUT2D eigenvalue weighted by Crippen LogP contribution is -2.33. The van der Waals surface area contributed by atoms with Gasteiger partial charge in [-0.15, -0.1) is 0 Å². The van der Waals surface area contributed by atoms with E-state index < -0.39 is 41.2 Å². The molecule has 0 saturated heterocycles. The Morgan fingerprint density at radius 1 is 1.05 bits per heavy atom. The van der Waals surface area contributed by atoms with Gasteiger partial charge in [-0.3, -0.25) is 4.79 Å². The van der Waals surface area contributed by atoms with Crippen molar-refractivity contribution in [2.24, 2.45) is 0 Å². The van der Waals surface area contributed by atoms with Crippen LogP contribution in [-0.2, 0) is 4.79 Å². The quantitative estimate of drug-likeness (QED) is 0.674. The molecular weight excluding hydrogens is 302 g/mol. The number of amides is 1. The third-order valence-electron chi connectivity index (χ3n) is 2.79. The van der Waals surface area contributed by atoms with Crippen molar-refractivity contribution in [1.82, 2.24) is 4.98 Å². The molecule has 0 fully saturated rings. The zero-order valence-corrected chi connectivity index (χ0v) is 11.3. The third-order valence-corrected chi connectivity index (χ3v) is 2.79. The molecule has 0 aliphatic heterocycles. The minimum atomic E-state index is -1.79. The molecule has 2 N–H and O–H groups in total. The maximum atomic E-state index is 13.5. The predicted octanol–water partition coefficient (Wildman–Crippen LogP) is 3.08. The fourth-order valence-corrected chi connectivity index (χ4v) is 1.67. The van der Waals surface area contributed by atoms with E-state index in [0.29, 0.717) is 5.69 Å². The van der Waals surface area contributed by atoms with Crippen LogP contribution in [0.5, 0.6) is 0 Å². The van der Waals surface area contributed by atoms with Crippen molar-refractivity contribution < 1.29 is 22.4 Å². The molecule has 0 saturated carbocycles. The van der Waals surface area contributed by atoms with E-state index in [1.54, 1.807) is 30.3 Å². The number of nitrogens with one attached hydrogen (secondary N) is 2. The summed E-state index contributed by atoms with van der Waals surface area (Å²) in [5.74, 6) is -7.62. The third kappa shape index (κ3) is 3.33. The zero-order chi connectivity index (χ0) is 16.3. The van der Waals surface area contributed by atoms with Gasteiger partial charge in [0.05, 0.1) is 0 Å². The highest BCUT2D eigenvalue weighted by atomic mass is 19.2. The van der Waals surface area contributed by atoms with Crippen LogP contribution in [0.1, 0.15) is 6.92 Å². The van der Waals surface area contributed by atoms with Crippen LogP contribution in [0.2, 0.25) is 0 Å². The van der Waals surface area contributed by atoms with Crippen LogP contribution in [-0.4, -0.2) is 16.9 Å². The Kier molecular flexibility index (Phi) is 4.59. The van der Waals surface area contributed by atoms with Crippen LogP contribution in [0.15, 0.2) is 30.3 Å². The summed E-state index contributed by atoms with van der Waals surface area (Å²) in [5, 5.41) is 4.58. The molecule has 1 aromatic carbocycles. The molecule has 22 heavy (non-hydrogen) atoms. The minimum absolute atomic E-state index is 0.467. The largest absolute Gasteiger partial charge is 0.369 e. The molecule has 1 unspecified atom stereocenters. The van der Waals surface area contributed by atoms with Gasteiger partial charge in [-0.2, -0.15) is 22.5 Å². The monoisotopic (exact) mass is 313 g/mol. The first-order chi connectivity index (χ1) is 10.4. The summed E-state index contributed by atoms with van der Waals surface area (Å²) >= 11 is 0. The van der Waals surface area contributed by atoms with Crippen LogP contribution in [0, 0.1) is 23.5 Å². The van der Waals surface area contributed by atoms with E-state index >= 15 is 0 Å². The number of para-hydroxylation sites is 1. The number of nitrogens with zero attached hydrogens (tertiary/aromatic N) is 1. The summed E-state index contributed by atoms with van der Waals surface area (Å²) in [4.78, 5) is 14.3. The van der Waals surface area contributed by atoms with Crippen molar-refractivity contribution in [3.05, 3.63) is 53.9 Å². The van der Waals surface area contributed by atoms with Crippen LogP contribution < -0.4 is 10.6 Å². The minimum Gasteiger partial charge on any atom is -0.369 e. The van der Waals surface area contributed by atoms with Crippen LogP contribution in [0.3, 0.4) is 0 Å². The second-order valence-corrected chi connectivity index (χ2v) is 4.42. The number of halogens is 4. The molecule has 2 aromatic rings. The molecule has 1 amide bonds. The number of rotatable bonds is 4. The number of aromatic nitrogens is 1. The Hall–Kier alpha value is -2.64. The number of anilines is 2. The van der Waals surface area contributed by atoms with E-state index in [9.17, 15) is 22.4 Å². The maximum Gasteiger partial charge on any atom is 0.253 e. The van der Waals surface area contributed by atoms with Gasteiger partial charge in [0.25, 0.3) is 11.9 Å². The molecule has 0 radical (unpaired) electrons. The van der Waals surface area contributed by atoms with Crippen molar-refractivity contribution in [2.45, 2.75) is 13.0 Å².